The highest BCUT2D eigenvalue weighted by molar-refractivity contribution is 5.61. The first-order valence-electron chi connectivity index (χ1n) is 5.58. The number of nitrogen functional groups attached to an aromatic ring is 1. The van der Waals surface area contributed by atoms with E-state index in [0.717, 1.165) is 18.4 Å². The van der Waals surface area contributed by atoms with Gasteiger partial charge < -0.3 is 5.73 Å². The van der Waals surface area contributed by atoms with E-state index < -0.39 is 5.82 Å². The number of hydrogen-bond acceptors (Lipinski definition) is 2. The average Bonchev–Trinajstić information content (AvgIpc) is 3.01. The van der Waals surface area contributed by atoms with Gasteiger partial charge in [0.15, 0.2) is 0 Å². The van der Waals surface area contributed by atoms with Gasteiger partial charge in [0, 0.05) is 11.3 Å². The van der Waals surface area contributed by atoms with Crippen molar-refractivity contribution in [2.45, 2.75) is 38.5 Å². The molecule has 0 unspecified atom stereocenters. The number of nitriles is 1. The Balaban J connectivity index is 2.66. The second-order valence-corrected chi connectivity index (χ2v) is 4.70. The summed E-state index contributed by atoms with van der Waals surface area (Å²) in [5.74, 6) is -0.00426. The van der Waals surface area contributed by atoms with Crippen LogP contribution in [-0.4, -0.2) is 0 Å². The smallest absolute Gasteiger partial charge is 0.146 e. The second kappa shape index (κ2) is 3.79. The molecule has 1 aromatic rings. The summed E-state index contributed by atoms with van der Waals surface area (Å²) >= 11 is 0. The fraction of sp³-hybridized carbons (Fsp3) is 0.462. The first-order chi connectivity index (χ1) is 7.56. The summed E-state index contributed by atoms with van der Waals surface area (Å²) in [6, 6.07) is 3.53. The molecule has 1 aliphatic carbocycles. The molecule has 84 valence electrons. The maximum atomic E-state index is 13.9. The minimum Gasteiger partial charge on any atom is -0.398 e. The fourth-order valence-corrected chi connectivity index (χ4v) is 2.09. The van der Waals surface area contributed by atoms with Crippen molar-refractivity contribution < 1.29 is 4.39 Å². The Morgan fingerprint density at radius 3 is 2.56 bits per heavy atom. The van der Waals surface area contributed by atoms with Crippen LogP contribution >= 0.6 is 0 Å². The van der Waals surface area contributed by atoms with Crippen LogP contribution in [0.25, 0.3) is 0 Å². The number of benzene rings is 1. The van der Waals surface area contributed by atoms with E-state index >= 15 is 0 Å². The predicted octanol–water partition coefficient (Wildman–Crippen LogP) is 3.28. The molecule has 0 heterocycles. The lowest BCUT2D eigenvalue weighted by atomic mass is 9.93. The van der Waals surface area contributed by atoms with E-state index in [1.165, 1.54) is 0 Å². The molecule has 1 saturated carbocycles. The van der Waals surface area contributed by atoms with E-state index in [1.807, 2.05) is 19.9 Å². The number of nitrogens with zero attached hydrogens (tertiary/aromatic N) is 1. The maximum absolute atomic E-state index is 13.9. The zero-order chi connectivity index (χ0) is 11.9. The summed E-state index contributed by atoms with van der Waals surface area (Å²) in [7, 11) is 0. The molecular weight excluding hydrogens is 203 g/mol. The van der Waals surface area contributed by atoms with Crippen LogP contribution in [-0.2, 0) is 0 Å². The largest absolute Gasteiger partial charge is 0.398 e. The molecule has 2 N–H and O–H groups in total. The van der Waals surface area contributed by atoms with Crippen molar-refractivity contribution in [1.29, 1.82) is 5.26 Å². The van der Waals surface area contributed by atoms with Crippen LogP contribution in [0.2, 0.25) is 0 Å². The summed E-state index contributed by atoms with van der Waals surface area (Å²) in [5, 5.41) is 8.91. The van der Waals surface area contributed by atoms with E-state index in [-0.39, 0.29) is 11.5 Å². The third kappa shape index (κ3) is 1.65. The summed E-state index contributed by atoms with van der Waals surface area (Å²) in [4.78, 5) is 0. The average molecular weight is 218 g/mol. The lowest BCUT2D eigenvalue weighted by Crippen LogP contribution is -2.06. The molecule has 16 heavy (non-hydrogen) atoms. The molecule has 0 radical (unpaired) electrons. The standard InChI is InChI=1S/C13H15FN2/c1-7(2)11-12(14)9(6-15)5-10(13(11)16)8-3-4-8/h5,7-8H,3-4,16H2,1-2H3. The van der Waals surface area contributed by atoms with E-state index in [2.05, 4.69) is 0 Å². The second-order valence-electron chi connectivity index (χ2n) is 4.70. The molecule has 0 atom stereocenters. The van der Waals surface area contributed by atoms with Crippen LogP contribution in [0.5, 0.6) is 0 Å². The Morgan fingerprint density at radius 2 is 2.12 bits per heavy atom. The molecule has 0 amide bonds. The third-order valence-electron chi connectivity index (χ3n) is 3.09. The van der Waals surface area contributed by atoms with Gasteiger partial charge in [-0.05, 0) is 36.3 Å². The predicted molar refractivity (Wildman–Crippen MR) is 61.6 cm³/mol. The van der Waals surface area contributed by atoms with Gasteiger partial charge in [-0.3, -0.25) is 0 Å². The van der Waals surface area contributed by atoms with Gasteiger partial charge in [-0.2, -0.15) is 5.26 Å². The van der Waals surface area contributed by atoms with Gasteiger partial charge in [-0.1, -0.05) is 13.8 Å². The van der Waals surface area contributed by atoms with Crippen molar-refractivity contribution in [2.75, 3.05) is 5.73 Å². The number of anilines is 1. The van der Waals surface area contributed by atoms with Crippen molar-refractivity contribution in [3.63, 3.8) is 0 Å². The zero-order valence-electron chi connectivity index (χ0n) is 9.55. The van der Waals surface area contributed by atoms with Gasteiger partial charge >= 0.3 is 0 Å². The van der Waals surface area contributed by atoms with Gasteiger partial charge in [0.2, 0.25) is 0 Å². The summed E-state index contributed by atoms with van der Waals surface area (Å²) in [6.07, 6.45) is 2.19. The van der Waals surface area contributed by atoms with Gasteiger partial charge in [0.25, 0.3) is 0 Å². The number of rotatable bonds is 2. The Bertz CT molecular complexity index is 468. The number of halogens is 1. The summed E-state index contributed by atoms with van der Waals surface area (Å²) < 4.78 is 13.9. The summed E-state index contributed by atoms with van der Waals surface area (Å²) in [5.41, 5.74) is 8.14. The van der Waals surface area contributed by atoms with Crippen molar-refractivity contribution in [3.8, 4) is 6.07 Å². The highest BCUT2D eigenvalue weighted by atomic mass is 19.1. The van der Waals surface area contributed by atoms with E-state index in [1.54, 1.807) is 6.07 Å². The molecule has 0 aliphatic heterocycles. The van der Waals surface area contributed by atoms with E-state index in [4.69, 9.17) is 11.0 Å². The van der Waals surface area contributed by atoms with Crippen molar-refractivity contribution >= 4 is 5.69 Å². The normalized spacial score (nSPS) is 15.2. The monoisotopic (exact) mass is 218 g/mol. The molecule has 0 spiro atoms. The maximum Gasteiger partial charge on any atom is 0.146 e. The van der Waals surface area contributed by atoms with Gasteiger partial charge in [-0.15, -0.1) is 0 Å². The van der Waals surface area contributed by atoms with Crippen molar-refractivity contribution in [1.82, 2.24) is 0 Å². The lowest BCUT2D eigenvalue weighted by molar-refractivity contribution is 0.595. The van der Waals surface area contributed by atoms with Gasteiger partial charge in [-0.25, -0.2) is 4.39 Å². The third-order valence-corrected chi connectivity index (χ3v) is 3.09. The fourth-order valence-electron chi connectivity index (χ4n) is 2.09. The van der Waals surface area contributed by atoms with E-state index in [0.29, 0.717) is 17.2 Å². The van der Waals surface area contributed by atoms with Crippen LogP contribution in [0.1, 0.15) is 55.2 Å². The quantitative estimate of drug-likeness (QED) is 0.774. The Morgan fingerprint density at radius 1 is 1.50 bits per heavy atom. The SMILES string of the molecule is CC(C)c1c(N)c(C2CC2)cc(C#N)c1F. The Kier molecular flexibility index (Phi) is 2.59. The summed E-state index contributed by atoms with van der Waals surface area (Å²) in [6.45, 7) is 3.79. The van der Waals surface area contributed by atoms with Crippen LogP contribution in [0.4, 0.5) is 10.1 Å². The molecule has 0 bridgehead atoms. The van der Waals surface area contributed by atoms with Crippen molar-refractivity contribution in [3.05, 3.63) is 28.6 Å². The molecule has 2 rings (SSSR count). The number of hydrogen-bond donors (Lipinski definition) is 1. The van der Waals surface area contributed by atoms with Crippen molar-refractivity contribution in [2.24, 2.45) is 0 Å². The van der Waals surface area contributed by atoms with Gasteiger partial charge in [0.05, 0.1) is 5.56 Å². The van der Waals surface area contributed by atoms with Crippen LogP contribution in [0.3, 0.4) is 0 Å². The number of nitrogens with two attached hydrogens (primary N) is 1. The molecule has 0 saturated heterocycles. The highest BCUT2D eigenvalue weighted by Gasteiger charge is 2.29. The minimum atomic E-state index is -0.445. The molecule has 3 heteroatoms. The minimum absolute atomic E-state index is 0.00537. The van der Waals surface area contributed by atoms with E-state index in [9.17, 15) is 4.39 Å². The molecule has 1 aromatic carbocycles. The molecule has 1 aliphatic rings. The Labute approximate surface area is 94.9 Å². The highest BCUT2D eigenvalue weighted by Crippen LogP contribution is 2.45. The first kappa shape index (κ1) is 10.9. The molecular formula is C13H15FN2. The van der Waals surface area contributed by atoms with Crippen LogP contribution in [0.15, 0.2) is 6.07 Å². The first-order valence-corrected chi connectivity index (χ1v) is 5.58. The molecule has 1 fully saturated rings. The lowest BCUT2D eigenvalue weighted by Gasteiger charge is -2.15. The van der Waals surface area contributed by atoms with Crippen LogP contribution in [0, 0.1) is 17.1 Å². The molecule has 0 aromatic heterocycles. The van der Waals surface area contributed by atoms with Crippen LogP contribution < -0.4 is 5.73 Å². The topological polar surface area (TPSA) is 49.8 Å². The zero-order valence-corrected chi connectivity index (χ0v) is 9.55. The molecule has 2 nitrogen and oxygen atoms in total. The van der Waals surface area contributed by atoms with Gasteiger partial charge in [0.1, 0.15) is 11.9 Å². The Hall–Kier alpha value is -1.56.